The first-order valence-corrected chi connectivity index (χ1v) is 7.89. The number of anilines is 1. The minimum absolute atomic E-state index is 0.587. The van der Waals surface area contributed by atoms with Crippen molar-refractivity contribution in [1.29, 1.82) is 0 Å². The predicted octanol–water partition coefficient (Wildman–Crippen LogP) is 3.72. The van der Waals surface area contributed by atoms with Crippen LogP contribution in [-0.4, -0.2) is 30.6 Å². The second kappa shape index (κ2) is 6.77. The van der Waals surface area contributed by atoms with Gasteiger partial charge in [0.25, 0.3) is 0 Å². The van der Waals surface area contributed by atoms with E-state index in [1.54, 1.807) is 0 Å². The molecule has 2 aromatic carbocycles. The van der Waals surface area contributed by atoms with E-state index < -0.39 is 0 Å². The summed E-state index contributed by atoms with van der Waals surface area (Å²) < 4.78 is 0. The fourth-order valence-electron chi connectivity index (χ4n) is 2.97. The molecule has 1 aliphatic heterocycles. The summed E-state index contributed by atoms with van der Waals surface area (Å²) in [7, 11) is 0. The highest BCUT2D eigenvalue weighted by Crippen LogP contribution is 2.17. The number of likely N-dealkylation sites (tertiary alicyclic amines) is 1. The summed E-state index contributed by atoms with van der Waals surface area (Å²) in [4.78, 5) is 2.57. The molecule has 0 aromatic heterocycles. The van der Waals surface area contributed by atoms with Crippen molar-refractivity contribution >= 4 is 5.69 Å². The van der Waals surface area contributed by atoms with E-state index in [1.165, 1.54) is 29.8 Å². The molecule has 2 aromatic rings. The van der Waals surface area contributed by atoms with Gasteiger partial charge in [-0.05, 0) is 37.5 Å². The molecule has 21 heavy (non-hydrogen) atoms. The average molecular weight is 280 g/mol. The van der Waals surface area contributed by atoms with Gasteiger partial charge in [0.1, 0.15) is 0 Å². The zero-order chi connectivity index (χ0) is 14.5. The number of hydrogen-bond acceptors (Lipinski definition) is 2. The maximum absolute atomic E-state index is 3.65. The van der Waals surface area contributed by atoms with Crippen molar-refractivity contribution in [1.82, 2.24) is 4.90 Å². The smallest absolute Gasteiger partial charge is 0.0400 e. The predicted molar refractivity (Wildman–Crippen MR) is 89.8 cm³/mol. The van der Waals surface area contributed by atoms with Crippen molar-refractivity contribution in [2.75, 3.05) is 25.0 Å². The number of nitrogens with one attached hydrogen (secondary N) is 1. The fourth-order valence-corrected chi connectivity index (χ4v) is 2.97. The molecule has 3 rings (SSSR count). The van der Waals surface area contributed by atoms with E-state index in [0.29, 0.717) is 6.04 Å². The monoisotopic (exact) mass is 280 g/mol. The molecule has 2 nitrogen and oxygen atoms in total. The van der Waals surface area contributed by atoms with Gasteiger partial charge in [0, 0.05) is 31.4 Å². The highest BCUT2D eigenvalue weighted by Gasteiger charge is 2.21. The molecule has 2 heteroatoms. The summed E-state index contributed by atoms with van der Waals surface area (Å²) in [5.41, 5.74) is 4.00. The lowest BCUT2D eigenvalue weighted by Crippen LogP contribution is -2.27. The maximum Gasteiger partial charge on any atom is 0.0400 e. The molecule has 1 saturated heterocycles. The van der Waals surface area contributed by atoms with Crippen LogP contribution in [0.1, 0.15) is 17.5 Å². The van der Waals surface area contributed by atoms with E-state index >= 15 is 0 Å². The second-order valence-corrected chi connectivity index (χ2v) is 6.03. The van der Waals surface area contributed by atoms with E-state index in [1.807, 2.05) is 0 Å². The summed E-state index contributed by atoms with van der Waals surface area (Å²) in [5, 5.41) is 3.65. The minimum atomic E-state index is 0.587. The Hall–Kier alpha value is -1.80. The molecular weight excluding hydrogens is 256 g/mol. The maximum atomic E-state index is 3.65. The van der Waals surface area contributed by atoms with Gasteiger partial charge < -0.3 is 10.2 Å². The first kappa shape index (κ1) is 14.2. The Morgan fingerprint density at radius 1 is 1.05 bits per heavy atom. The number of rotatable bonds is 5. The Bertz CT molecular complexity index is 548. The Kier molecular flexibility index (Phi) is 4.56. The van der Waals surface area contributed by atoms with Crippen LogP contribution in [0.4, 0.5) is 5.69 Å². The lowest BCUT2D eigenvalue weighted by atomic mass is 10.1. The molecule has 1 unspecified atom stereocenters. The van der Waals surface area contributed by atoms with Crippen molar-refractivity contribution in [2.24, 2.45) is 0 Å². The van der Waals surface area contributed by atoms with Crippen LogP contribution in [0.15, 0.2) is 54.6 Å². The minimum Gasteiger partial charge on any atom is -0.381 e. The van der Waals surface area contributed by atoms with Crippen LogP contribution >= 0.6 is 0 Å². The molecule has 1 atom stereocenters. The first-order valence-electron chi connectivity index (χ1n) is 7.89. The third-order valence-electron chi connectivity index (χ3n) is 4.25. The number of benzene rings is 2. The lowest BCUT2D eigenvalue weighted by molar-refractivity contribution is 0.341. The molecule has 110 valence electrons. The number of nitrogens with zero attached hydrogens (tertiary/aromatic N) is 1. The van der Waals surface area contributed by atoms with E-state index in [9.17, 15) is 0 Å². The largest absolute Gasteiger partial charge is 0.381 e. The van der Waals surface area contributed by atoms with Crippen molar-refractivity contribution in [3.8, 4) is 0 Å². The third-order valence-corrected chi connectivity index (χ3v) is 4.25. The topological polar surface area (TPSA) is 15.3 Å². The molecule has 0 amide bonds. The van der Waals surface area contributed by atoms with Gasteiger partial charge in [-0.25, -0.2) is 0 Å². The van der Waals surface area contributed by atoms with Crippen LogP contribution in [0.5, 0.6) is 0 Å². The fraction of sp³-hybridized carbons (Fsp3) is 0.368. The molecule has 1 N–H and O–H groups in total. The lowest BCUT2D eigenvalue weighted by Gasteiger charge is -2.17. The van der Waals surface area contributed by atoms with Gasteiger partial charge in [0.2, 0.25) is 0 Å². The second-order valence-electron chi connectivity index (χ2n) is 6.03. The number of hydrogen-bond donors (Lipinski definition) is 1. The van der Waals surface area contributed by atoms with Crippen molar-refractivity contribution in [2.45, 2.75) is 25.8 Å². The van der Waals surface area contributed by atoms with Crippen LogP contribution in [0.2, 0.25) is 0 Å². The Labute approximate surface area is 127 Å². The van der Waals surface area contributed by atoms with Gasteiger partial charge >= 0.3 is 0 Å². The zero-order valence-electron chi connectivity index (χ0n) is 12.8. The Morgan fingerprint density at radius 3 is 2.57 bits per heavy atom. The van der Waals surface area contributed by atoms with Crippen molar-refractivity contribution in [3.63, 3.8) is 0 Å². The van der Waals surface area contributed by atoms with E-state index in [0.717, 1.165) is 19.5 Å². The van der Waals surface area contributed by atoms with Gasteiger partial charge in [0.05, 0.1) is 0 Å². The molecule has 1 fully saturated rings. The van der Waals surface area contributed by atoms with Crippen LogP contribution in [-0.2, 0) is 6.42 Å². The molecule has 1 aliphatic rings. The summed E-state index contributed by atoms with van der Waals surface area (Å²) in [5.74, 6) is 0. The van der Waals surface area contributed by atoms with Crippen molar-refractivity contribution < 1.29 is 0 Å². The van der Waals surface area contributed by atoms with Crippen molar-refractivity contribution in [3.05, 3.63) is 65.7 Å². The average Bonchev–Trinajstić information content (AvgIpc) is 2.96. The molecule has 0 spiro atoms. The van der Waals surface area contributed by atoms with E-state index in [-0.39, 0.29) is 0 Å². The number of aryl methyl sites for hydroxylation is 1. The van der Waals surface area contributed by atoms with Crippen LogP contribution < -0.4 is 5.32 Å². The summed E-state index contributed by atoms with van der Waals surface area (Å²) in [6, 6.07) is 20.1. The third kappa shape index (κ3) is 4.08. The normalized spacial score (nSPS) is 18.8. The van der Waals surface area contributed by atoms with Gasteiger partial charge in [0.15, 0.2) is 0 Å². The highest BCUT2D eigenvalue weighted by molar-refractivity contribution is 5.45. The summed E-state index contributed by atoms with van der Waals surface area (Å²) in [6.07, 6.45) is 2.39. The molecule has 0 radical (unpaired) electrons. The Balaban J connectivity index is 1.46. The molecular formula is C19H24N2. The summed E-state index contributed by atoms with van der Waals surface area (Å²) >= 11 is 0. The molecule has 0 aliphatic carbocycles. The SMILES string of the molecule is Cc1ccc(NC2CCN(CCc3ccccc3)C2)cc1. The quantitative estimate of drug-likeness (QED) is 0.898. The van der Waals surface area contributed by atoms with Crippen LogP contribution in [0, 0.1) is 6.92 Å². The standard InChI is InChI=1S/C19H24N2/c1-16-7-9-18(10-8-16)20-19-12-14-21(15-19)13-11-17-5-3-2-4-6-17/h2-10,19-20H,11-15H2,1H3. The highest BCUT2D eigenvalue weighted by atomic mass is 15.2. The van der Waals surface area contributed by atoms with Gasteiger partial charge in [-0.1, -0.05) is 48.0 Å². The van der Waals surface area contributed by atoms with Gasteiger partial charge in [-0.3, -0.25) is 0 Å². The molecule has 1 heterocycles. The van der Waals surface area contributed by atoms with E-state index in [4.69, 9.17) is 0 Å². The van der Waals surface area contributed by atoms with Crippen LogP contribution in [0.3, 0.4) is 0 Å². The van der Waals surface area contributed by atoms with Crippen LogP contribution in [0.25, 0.3) is 0 Å². The first-order chi connectivity index (χ1) is 10.3. The zero-order valence-corrected chi connectivity index (χ0v) is 12.8. The molecule has 0 bridgehead atoms. The molecule has 0 saturated carbocycles. The summed E-state index contributed by atoms with van der Waals surface area (Å²) in [6.45, 7) is 5.65. The van der Waals surface area contributed by atoms with Gasteiger partial charge in [-0.2, -0.15) is 0 Å². The Morgan fingerprint density at radius 2 is 1.81 bits per heavy atom. The van der Waals surface area contributed by atoms with E-state index in [2.05, 4.69) is 71.7 Å². The van der Waals surface area contributed by atoms with Gasteiger partial charge in [-0.15, -0.1) is 0 Å².